The maximum absolute atomic E-state index is 5.54. The lowest BCUT2D eigenvalue weighted by atomic mass is 9.87. The van der Waals surface area contributed by atoms with Crippen LogP contribution in [-0.2, 0) is 11.2 Å². The van der Waals surface area contributed by atoms with Crippen LogP contribution in [0.1, 0.15) is 50.2 Å². The number of methoxy groups -OCH3 is 1. The van der Waals surface area contributed by atoms with Crippen molar-refractivity contribution in [3.05, 3.63) is 35.4 Å². The number of likely N-dealkylation sites (N-methyl/N-ethyl adjacent to an activating group) is 1. The van der Waals surface area contributed by atoms with Gasteiger partial charge in [0, 0.05) is 13.2 Å². The number of fused-ring (bicyclic) bond motifs is 1. The molecule has 0 radical (unpaired) electrons. The van der Waals surface area contributed by atoms with Gasteiger partial charge < -0.3 is 10.1 Å². The second-order valence-corrected chi connectivity index (χ2v) is 6.24. The van der Waals surface area contributed by atoms with Crippen molar-refractivity contribution in [2.75, 3.05) is 14.2 Å². The Labute approximate surface area is 117 Å². The van der Waals surface area contributed by atoms with E-state index in [-0.39, 0.29) is 5.60 Å². The van der Waals surface area contributed by atoms with Gasteiger partial charge in [-0.1, -0.05) is 24.3 Å². The number of nitrogens with one attached hydrogen (secondary N) is 1. The summed E-state index contributed by atoms with van der Waals surface area (Å²) in [5.74, 6) is 0.661. The lowest BCUT2D eigenvalue weighted by Gasteiger charge is -2.29. The highest BCUT2D eigenvalue weighted by atomic mass is 16.5. The Balaban J connectivity index is 2.04. The molecule has 2 atom stereocenters. The van der Waals surface area contributed by atoms with Crippen molar-refractivity contribution in [2.45, 2.75) is 57.1 Å². The van der Waals surface area contributed by atoms with Gasteiger partial charge in [0.2, 0.25) is 0 Å². The summed E-state index contributed by atoms with van der Waals surface area (Å²) < 4.78 is 5.54. The van der Waals surface area contributed by atoms with Gasteiger partial charge >= 0.3 is 0 Å². The molecule has 0 saturated carbocycles. The Morgan fingerprint density at radius 3 is 2.79 bits per heavy atom. The van der Waals surface area contributed by atoms with Crippen LogP contribution in [0.15, 0.2) is 24.3 Å². The van der Waals surface area contributed by atoms with E-state index < -0.39 is 0 Å². The van der Waals surface area contributed by atoms with Crippen LogP contribution in [0.2, 0.25) is 0 Å². The van der Waals surface area contributed by atoms with Gasteiger partial charge in [0.05, 0.1) is 5.60 Å². The van der Waals surface area contributed by atoms with Gasteiger partial charge in [0.25, 0.3) is 0 Å². The molecule has 106 valence electrons. The van der Waals surface area contributed by atoms with Gasteiger partial charge in [0.15, 0.2) is 0 Å². The van der Waals surface area contributed by atoms with Crippen molar-refractivity contribution in [3.63, 3.8) is 0 Å². The van der Waals surface area contributed by atoms with Crippen LogP contribution >= 0.6 is 0 Å². The molecule has 1 aliphatic carbocycles. The molecular weight excluding hydrogens is 234 g/mol. The predicted molar refractivity (Wildman–Crippen MR) is 80.7 cm³/mol. The van der Waals surface area contributed by atoms with E-state index in [2.05, 4.69) is 50.5 Å². The number of benzene rings is 1. The van der Waals surface area contributed by atoms with Gasteiger partial charge in [0.1, 0.15) is 0 Å². The molecule has 2 heteroatoms. The highest BCUT2D eigenvalue weighted by Crippen LogP contribution is 2.37. The lowest BCUT2D eigenvalue weighted by molar-refractivity contribution is 0.0112. The topological polar surface area (TPSA) is 21.3 Å². The Morgan fingerprint density at radius 1 is 1.37 bits per heavy atom. The molecule has 0 fully saturated rings. The Bertz CT molecular complexity index is 413. The first-order valence-electron chi connectivity index (χ1n) is 7.37. The zero-order valence-electron chi connectivity index (χ0n) is 12.7. The standard InChI is InChI=1S/C17H27NO/c1-17(2,19-4)12-11-16(18-3)15-10-9-13-7-5-6-8-14(13)15/h5-8,15-16,18H,9-12H2,1-4H3. The fraction of sp³-hybridized carbons (Fsp3) is 0.647. The summed E-state index contributed by atoms with van der Waals surface area (Å²) in [5.41, 5.74) is 3.07. The van der Waals surface area contributed by atoms with Crippen LogP contribution in [0.3, 0.4) is 0 Å². The monoisotopic (exact) mass is 261 g/mol. The summed E-state index contributed by atoms with van der Waals surface area (Å²) in [7, 11) is 3.89. The summed E-state index contributed by atoms with van der Waals surface area (Å²) >= 11 is 0. The molecule has 0 saturated heterocycles. The van der Waals surface area contributed by atoms with Crippen LogP contribution in [0, 0.1) is 0 Å². The first kappa shape index (κ1) is 14.5. The average Bonchev–Trinajstić information content (AvgIpc) is 2.84. The molecular formula is C17H27NO. The molecule has 19 heavy (non-hydrogen) atoms. The summed E-state index contributed by atoms with van der Waals surface area (Å²) in [5, 5.41) is 3.53. The molecule has 0 aromatic heterocycles. The Kier molecular flexibility index (Phi) is 4.64. The molecule has 0 heterocycles. The Morgan fingerprint density at radius 2 is 2.11 bits per heavy atom. The molecule has 2 rings (SSSR count). The first-order chi connectivity index (χ1) is 9.07. The van der Waals surface area contributed by atoms with E-state index in [1.165, 1.54) is 12.8 Å². The van der Waals surface area contributed by atoms with E-state index in [1.54, 1.807) is 18.2 Å². The third kappa shape index (κ3) is 3.37. The molecule has 0 bridgehead atoms. The van der Waals surface area contributed by atoms with Crippen molar-refractivity contribution in [1.82, 2.24) is 5.32 Å². The largest absolute Gasteiger partial charge is 0.379 e. The van der Waals surface area contributed by atoms with Crippen LogP contribution < -0.4 is 5.32 Å². The van der Waals surface area contributed by atoms with Crippen molar-refractivity contribution in [2.24, 2.45) is 0 Å². The molecule has 0 spiro atoms. The zero-order valence-corrected chi connectivity index (χ0v) is 12.7. The normalized spacial score (nSPS) is 20.3. The van der Waals surface area contributed by atoms with E-state index >= 15 is 0 Å². The molecule has 0 aliphatic heterocycles. The van der Waals surface area contributed by atoms with E-state index in [4.69, 9.17) is 4.74 Å². The van der Waals surface area contributed by atoms with Crippen molar-refractivity contribution in [1.29, 1.82) is 0 Å². The minimum atomic E-state index is -0.0206. The lowest BCUT2D eigenvalue weighted by Crippen LogP contribution is -2.34. The quantitative estimate of drug-likeness (QED) is 0.846. The number of rotatable bonds is 6. The fourth-order valence-corrected chi connectivity index (χ4v) is 3.16. The van der Waals surface area contributed by atoms with Gasteiger partial charge in [-0.3, -0.25) is 0 Å². The SMILES string of the molecule is CNC(CCC(C)(C)OC)C1CCc2ccccc21. The van der Waals surface area contributed by atoms with E-state index in [9.17, 15) is 0 Å². The highest BCUT2D eigenvalue weighted by molar-refractivity contribution is 5.36. The number of hydrogen-bond donors (Lipinski definition) is 1. The maximum Gasteiger partial charge on any atom is 0.0623 e. The van der Waals surface area contributed by atoms with Gasteiger partial charge in [-0.05, 0) is 63.6 Å². The number of ether oxygens (including phenoxy) is 1. The molecule has 1 aliphatic rings. The Hall–Kier alpha value is -0.860. The molecule has 0 amide bonds. The summed E-state index contributed by atoms with van der Waals surface area (Å²) in [6.07, 6.45) is 4.76. The van der Waals surface area contributed by atoms with Gasteiger partial charge in [-0.25, -0.2) is 0 Å². The zero-order chi connectivity index (χ0) is 13.9. The smallest absolute Gasteiger partial charge is 0.0623 e. The second kappa shape index (κ2) is 6.06. The minimum absolute atomic E-state index is 0.0206. The molecule has 2 nitrogen and oxygen atoms in total. The van der Waals surface area contributed by atoms with Crippen LogP contribution in [-0.4, -0.2) is 25.8 Å². The number of hydrogen-bond acceptors (Lipinski definition) is 2. The summed E-state index contributed by atoms with van der Waals surface area (Å²) in [6.45, 7) is 4.34. The van der Waals surface area contributed by atoms with Crippen molar-refractivity contribution < 1.29 is 4.74 Å². The molecule has 2 unspecified atom stereocenters. The van der Waals surface area contributed by atoms with Crippen LogP contribution in [0.5, 0.6) is 0 Å². The first-order valence-corrected chi connectivity index (χ1v) is 7.37. The van der Waals surface area contributed by atoms with E-state index in [0.717, 1.165) is 12.8 Å². The van der Waals surface area contributed by atoms with Crippen LogP contribution in [0.25, 0.3) is 0 Å². The third-order valence-electron chi connectivity index (χ3n) is 4.65. The summed E-state index contributed by atoms with van der Waals surface area (Å²) in [6, 6.07) is 9.46. The van der Waals surface area contributed by atoms with Crippen molar-refractivity contribution in [3.8, 4) is 0 Å². The minimum Gasteiger partial charge on any atom is -0.379 e. The van der Waals surface area contributed by atoms with Crippen LogP contribution in [0.4, 0.5) is 0 Å². The summed E-state index contributed by atoms with van der Waals surface area (Å²) in [4.78, 5) is 0. The maximum atomic E-state index is 5.54. The highest BCUT2D eigenvalue weighted by Gasteiger charge is 2.30. The average molecular weight is 261 g/mol. The van der Waals surface area contributed by atoms with E-state index in [1.807, 2.05) is 0 Å². The predicted octanol–water partition coefficient (Wildman–Crippen LogP) is 3.51. The molecule has 1 aromatic carbocycles. The van der Waals surface area contributed by atoms with Crippen molar-refractivity contribution >= 4 is 0 Å². The van der Waals surface area contributed by atoms with E-state index in [0.29, 0.717) is 12.0 Å². The fourth-order valence-electron chi connectivity index (χ4n) is 3.16. The molecule has 1 aromatic rings. The van der Waals surface area contributed by atoms with Gasteiger partial charge in [-0.15, -0.1) is 0 Å². The van der Waals surface area contributed by atoms with Gasteiger partial charge in [-0.2, -0.15) is 0 Å². The number of aryl methyl sites for hydroxylation is 1. The second-order valence-electron chi connectivity index (χ2n) is 6.24. The molecule has 1 N–H and O–H groups in total. The third-order valence-corrected chi connectivity index (χ3v) is 4.65.